The number of aliphatic imine (C=N–C) groups is 1. The van der Waals surface area contributed by atoms with Crippen LogP contribution in [-0.2, 0) is 0 Å². The second kappa shape index (κ2) is 10.4. The standard InChI is InChI=1S/C19H41N7/c1-19(2,3)22-18(25-14-10-23(11-15-25)8-4-6-20)26-16-12-24(13-17-26)9-5-7-21/h4-17,20-21H2,1-3H3. The van der Waals surface area contributed by atoms with E-state index in [2.05, 4.69) is 40.4 Å². The van der Waals surface area contributed by atoms with Gasteiger partial charge in [0.15, 0.2) is 5.96 Å². The molecule has 0 aromatic rings. The Morgan fingerprint density at radius 1 is 0.731 bits per heavy atom. The quantitative estimate of drug-likeness (QED) is 0.511. The number of rotatable bonds is 6. The van der Waals surface area contributed by atoms with Crippen LogP contribution >= 0.6 is 0 Å². The molecular formula is C19H41N7. The van der Waals surface area contributed by atoms with Crippen LogP contribution in [0.5, 0.6) is 0 Å². The van der Waals surface area contributed by atoms with Crippen LogP contribution < -0.4 is 11.5 Å². The molecular weight excluding hydrogens is 326 g/mol. The van der Waals surface area contributed by atoms with Crippen molar-refractivity contribution in [3.8, 4) is 0 Å². The third-order valence-electron chi connectivity index (χ3n) is 5.10. The summed E-state index contributed by atoms with van der Waals surface area (Å²) >= 11 is 0. The Morgan fingerprint density at radius 2 is 1.12 bits per heavy atom. The fourth-order valence-electron chi connectivity index (χ4n) is 3.61. The molecule has 0 unspecified atom stereocenters. The lowest BCUT2D eigenvalue weighted by Crippen LogP contribution is -2.58. The number of piperazine rings is 2. The lowest BCUT2D eigenvalue weighted by Gasteiger charge is -2.44. The molecule has 0 aliphatic carbocycles. The summed E-state index contributed by atoms with van der Waals surface area (Å²) in [5.41, 5.74) is 11.3. The molecule has 2 fully saturated rings. The zero-order chi connectivity index (χ0) is 19.0. The summed E-state index contributed by atoms with van der Waals surface area (Å²) in [6, 6.07) is 0. The molecule has 152 valence electrons. The van der Waals surface area contributed by atoms with Crippen molar-refractivity contribution < 1.29 is 0 Å². The predicted molar refractivity (Wildman–Crippen MR) is 111 cm³/mol. The number of guanidine groups is 1. The topological polar surface area (TPSA) is 77.4 Å². The van der Waals surface area contributed by atoms with Gasteiger partial charge in [0.1, 0.15) is 0 Å². The summed E-state index contributed by atoms with van der Waals surface area (Å²) in [6.45, 7) is 19.1. The maximum atomic E-state index is 5.66. The van der Waals surface area contributed by atoms with Crippen LogP contribution in [0.25, 0.3) is 0 Å². The van der Waals surface area contributed by atoms with E-state index in [1.54, 1.807) is 0 Å². The highest BCUT2D eigenvalue weighted by atomic mass is 15.4. The number of nitrogens with zero attached hydrogens (tertiary/aromatic N) is 5. The van der Waals surface area contributed by atoms with Crippen molar-refractivity contribution in [3.05, 3.63) is 0 Å². The Labute approximate surface area is 160 Å². The van der Waals surface area contributed by atoms with Gasteiger partial charge in [-0.2, -0.15) is 0 Å². The molecule has 0 aromatic heterocycles. The third-order valence-corrected chi connectivity index (χ3v) is 5.10. The smallest absolute Gasteiger partial charge is 0.197 e. The van der Waals surface area contributed by atoms with Crippen molar-refractivity contribution in [2.45, 2.75) is 39.2 Å². The van der Waals surface area contributed by atoms with Gasteiger partial charge in [-0.05, 0) is 59.8 Å². The Morgan fingerprint density at radius 3 is 1.42 bits per heavy atom. The third kappa shape index (κ3) is 7.02. The van der Waals surface area contributed by atoms with Gasteiger partial charge in [-0.15, -0.1) is 0 Å². The molecule has 0 radical (unpaired) electrons. The van der Waals surface area contributed by atoms with Gasteiger partial charge >= 0.3 is 0 Å². The molecule has 2 aliphatic heterocycles. The first-order valence-corrected chi connectivity index (χ1v) is 10.4. The van der Waals surface area contributed by atoms with E-state index >= 15 is 0 Å². The molecule has 0 atom stereocenters. The molecule has 7 nitrogen and oxygen atoms in total. The average molecular weight is 368 g/mol. The highest BCUT2D eigenvalue weighted by Gasteiger charge is 2.27. The van der Waals surface area contributed by atoms with E-state index < -0.39 is 0 Å². The average Bonchev–Trinajstić information content (AvgIpc) is 2.63. The Kier molecular flexibility index (Phi) is 8.60. The monoisotopic (exact) mass is 367 g/mol. The van der Waals surface area contributed by atoms with Crippen LogP contribution in [0.3, 0.4) is 0 Å². The van der Waals surface area contributed by atoms with E-state index in [9.17, 15) is 0 Å². The van der Waals surface area contributed by atoms with Gasteiger partial charge in [-0.25, -0.2) is 4.99 Å². The predicted octanol–water partition coefficient (Wildman–Crippen LogP) is 0.0737. The van der Waals surface area contributed by atoms with Crippen LogP contribution in [-0.4, -0.2) is 110 Å². The number of hydrogen-bond acceptors (Lipinski definition) is 5. The summed E-state index contributed by atoms with van der Waals surface area (Å²) in [7, 11) is 0. The molecule has 4 N–H and O–H groups in total. The Bertz CT molecular complexity index is 386. The van der Waals surface area contributed by atoms with Crippen molar-refractivity contribution in [1.29, 1.82) is 0 Å². The molecule has 26 heavy (non-hydrogen) atoms. The van der Waals surface area contributed by atoms with Crippen LogP contribution in [0.4, 0.5) is 0 Å². The highest BCUT2D eigenvalue weighted by Crippen LogP contribution is 2.15. The van der Waals surface area contributed by atoms with Crippen molar-refractivity contribution in [2.75, 3.05) is 78.5 Å². The van der Waals surface area contributed by atoms with Crippen LogP contribution in [0, 0.1) is 0 Å². The summed E-state index contributed by atoms with van der Waals surface area (Å²) in [5, 5.41) is 0. The number of nitrogens with two attached hydrogens (primary N) is 2. The second-order valence-corrected chi connectivity index (χ2v) is 8.52. The van der Waals surface area contributed by atoms with Gasteiger partial charge in [0.25, 0.3) is 0 Å². The first-order valence-electron chi connectivity index (χ1n) is 10.4. The maximum Gasteiger partial charge on any atom is 0.197 e. The van der Waals surface area contributed by atoms with Gasteiger partial charge in [-0.1, -0.05) is 0 Å². The van der Waals surface area contributed by atoms with E-state index in [1.165, 1.54) is 5.96 Å². The fraction of sp³-hybridized carbons (Fsp3) is 0.947. The maximum absolute atomic E-state index is 5.66. The Balaban J connectivity index is 1.95. The first-order chi connectivity index (χ1) is 12.4. The second-order valence-electron chi connectivity index (χ2n) is 8.52. The molecule has 0 bridgehead atoms. The van der Waals surface area contributed by atoms with E-state index in [0.717, 1.165) is 91.4 Å². The number of hydrogen-bond donors (Lipinski definition) is 2. The highest BCUT2D eigenvalue weighted by molar-refractivity contribution is 5.81. The van der Waals surface area contributed by atoms with Crippen molar-refractivity contribution in [2.24, 2.45) is 16.5 Å². The van der Waals surface area contributed by atoms with Crippen molar-refractivity contribution in [3.63, 3.8) is 0 Å². The molecule has 0 aromatic carbocycles. The molecule has 0 amide bonds. The van der Waals surface area contributed by atoms with E-state index in [0.29, 0.717) is 0 Å². The van der Waals surface area contributed by atoms with Gasteiger partial charge in [0.2, 0.25) is 0 Å². The summed E-state index contributed by atoms with van der Waals surface area (Å²) in [4.78, 5) is 15.2. The molecule has 2 saturated heterocycles. The van der Waals surface area contributed by atoms with Gasteiger partial charge in [0, 0.05) is 52.4 Å². The normalized spacial score (nSPS) is 20.5. The Hall–Kier alpha value is -0.890. The molecule has 2 rings (SSSR count). The molecule has 0 spiro atoms. The fourth-order valence-corrected chi connectivity index (χ4v) is 3.61. The van der Waals surface area contributed by atoms with Crippen LogP contribution in [0.1, 0.15) is 33.6 Å². The molecule has 0 saturated carbocycles. The minimum atomic E-state index is -0.0529. The van der Waals surface area contributed by atoms with Crippen molar-refractivity contribution in [1.82, 2.24) is 19.6 Å². The summed E-state index contributed by atoms with van der Waals surface area (Å²) in [6.07, 6.45) is 2.18. The molecule has 7 heteroatoms. The summed E-state index contributed by atoms with van der Waals surface area (Å²) in [5.74, 6) is 1.20. The largest absolute Gasteiger partial charge is 0.340 e. The molecule has 2 aliphatic rings. The van der Waals surface area contributed by atoms with Crippen LogP contribution in [0.2, 0.25) is 0 Å². The minimum absolute atomic E-state index is 0.0529. The van der Waals surface area contributed by atoms with E-state index in [-0.39, 0.29) is 5.54 Å². The van der Waals surface area contributed by atoms with E-state index in [1.807, 2.05) is 0 Å². The zero-order valence-corrected chi connectivity index (χ0v) is 17.3. The minimum Gasteiger partial charge on any atom is -0.340 e. The summed E-state index contributed by atoms with van der Waals surface area (Å²) < 4.78 is 0. The lowest BCUT2D eigenvalue weighted by atomic mass is 10.1. The van der Waals surface area contributed by atoms with Gasteiger partial charge in [0.05, 0.1) is 5.54 Å². The molecule has 2 heterocycles. The van der Waals surface area contributed by atoms with Crippen molar-refractivity contribution >= 4 is 5.96 Å². The zero-order valence-electron chi connectivity index (χ0n) is 17.3. The SMILES string of the molecule is CC(C)(C)N=C(N1CCN(CCCN)CC1)N1CCN(CCCN)CC1. The van der Waals surface area contributed by atoms with Crippen LogP contribution in [0.15, 0.2) is 4.99 Å². The van der Waals surface area contributed by atoms with Gasteiger partial charge in [-0.3, -0.25) is 9.80 Å². The van der Waals surface area contributed by atoms with Gasteiger partial charge < -0.3 is 21.3 Å². The lowest BCUT2D eigenvalue weighted by molar-refractivity contribution is 0.140. The first kappa shape index (κ1) is 21.4. The van der Waals surface area contributed by atoms with E-state index in [4.69, 9.17) is 16.5 Å².